The van der Waals surface area contributed by atoms with Gasteiger partial charge in [0.1, 0.15) is 12.0 Å². The highest BCUT2D eigenvalue weighted by molar-refractivity contribution is 5.26. The first-order valence-electron chi connectivity index (χ1n) is 9.51. The van der Waals surface area contributed by atoms with Crippen molar-refractivity contribution in [3.05, 3.63) is 65.7 Å². The third-order valence-corrected chi connectivity index (χ3v) is 4.43. The third kappa shape index (κ3) is 8.54. The lowest BCUT2D eigenvalue weighted by molar-refractivity contribution is 0.0433. The standard InChI is InChI=1S/C22H31NO4/c1-17(14-24)15-27-16-20(13-19-7-10-21(25)11-8-19)23-22(26)12-9-18-5-3-2-4-6-18/h2-8,10-11,17,20,22-26H,9,12-16H2,1H3/t17?,20-,22?/m1/s1. The number of aromatic hydroxyl groups is 1. The number of ether oxygens (including phenoxy) is 1. The monoisotopic (exact) mass is 373 g/mol. The molecule has 0 bridgehead atoms. The molecule has 3 atom stereocenters. The highest BCUT2D eigenvalue weighted by Crippen LogP contribution is 2.12. The molecule has 0 aliphatic heterocycles. The predicted molar refractivity (Wildman–Crippen MR) is 107 cm³/mol. The molecule has 0 saturated carbocycles. The largest absolute Gasteiger partial charge is 0.508 e. The van der Waals surface area contributed by atoms with Gasteiger partial charge in [-0.2, -0.15) is 0 Å². The molecule has 0 saturated heterocycles. The highest BCUT2D eigenvalue weighted by atomic mass is 16.5. The lowest BCUT2D eigenvalue weighted by Gasteiger charge is -2.23. The van der Waals surface area contributed by atoms with Crippen LogP contribution in [0.1, 0.15) is 24.5 Å². The van der Waals surface area contributed by atoms with Crippen LogP contribution in [0.3, 0.4) is 0 Å². The molecule has 2 unspecified atom stereocenters. The fourth-order valence-corrected chi connectivity index (χ4v) is 2.85. The van der Waals surface area contributed by atoms with E-state index in [2.05, 4.69) is 17.4 Å². The maximum absolute atomic E-state index is 10.4. The van der Waals surface area contributed by atoms with E-state index in [-0.39, 0.29) is 24.3 Å². The molecule has 0 radical (unpaired) electrons. The summed E-state index contributed by atoms with van der Waals surface area (Å²) in [7, 11) is 0. The van der Waals surface area contributed by atoms with Crippen LogP contribution in [0.2, 0.25) is 0 Å². The highest BCUT2D eigenvalue weighted by Gasteiger charge is 2.15. The molecule has 2 aromatic carbocycles. The normalized spacial score (nSPS) is 14.6. The average molecular weight is 373 g/mol. The summed E-state index contributed by atoms with van der Waals surface area (Å²) in [6, 6.07) is 17.1. The lowest BCUT2D eigenvalue weighted by atomic mass is 10.0. The average Bonchev–Trinajstić information content (AvgIpc) is 2.68. The van der Waals surface area contributed by atoms with Crippen LogP contribution in [0.15, 0.2) is 54.6 Å². The number of phenols is 1. The second-order valence-electron chi connectivity index (χ2n) is 7.10. The third-order valence-electron chi connectivity index (χ3n) is 4.43. The molecule has 0 fully saturated rings. The van der Waals surface area contributed by atoms with Gasteiger partial charge in [0, 0.05) is 18.6 Å². The summed E-state index contributed by atoms with van der Waals surface area (Å²) in [4.78, 5) is 0. The first-order chi connectivity index (χ1) is 13.1. The van der Waals surface area contributed by atoms with Gasteiger partial charge in [-0.3, -0.25) is 5.32 Å². The van der Waals surface area contributed by atoms with Gasteiger partial charge in [0.05, 0.1) is 13.2 Å². The van der Waals surface area contributed by atoms with Gasteiger partial charge in [-0.05, 0) is 42.5 Å². The summed E-state index contributed by atoms with van der Waals surface area (Å²) in [6.45, 7) is 2.94. The molecule has 148 valence electrons. The number of phenolic OH excluding ortho intramolecular Hbond substituents is 1. The van der Waals surface area contributed by atoms with Crippen molar-refractivity contribution < 1.29 is 20.1 Å². The number of rotatable bonds is 12. The number of nitrogens with one attached hydrogen (secondary N) is 1. The molecule has 2 rings (SSSR count). The van der Waals surface area contributed by atoms with Gasteiger partial charge in [0.25, 0.3) is 0 Å². The Hall–Kier alpha value is -1.92. The van der Waals surface area contributed by atoms with Crippen molar-refractivity contribution in [3.63, 3.8) is 0 Å². The SMILES string of the molecule is CC(CO)COC[C@@H](Cc1ccc(O)cc1)NC(O)CCc1ccccc1. The molecule has 5 heteroatoms. The first-order valence-corrected chi connectivity index (χ1v) is 9.51. The second kappa shape index (κ2) is 11.7. The van der Waals surface area contributed by atoms with E-state index in [0.29, 0.717) is 26.1 Å². The van der Waals surface area contributed by atoms with Crippen molar-refractivity contribution in [1.82, 2.24) is 5.32 Å². The van der Waals surface area contributed by atoms with Crippen LogP contribution < -0.4 is 5.32 Å². The zero-order valence-corrected chi connectivity index (χ0v) is 15.9. The minimum Gasteiger partial charge on any atom is -0.508 e. The molecule has 4 N–H and O–H groups in total. The fraction of sp³-hybridized carbons (Fsp3) is 0.455. The summed E-state index contributed by atoms with van der Waals surface area (Å²) in [5.41, 5.74) is 2.25. The van der Waals surface area contributed by atoms with Crippen molar-refractivity contribution in [1.29, 1.82) is 0 Å². The Balaban J connectivity index is 1.87. The molecule has 0 aliphatic rings. The quantitative estimate of drug-likeness (QED) is 0.430. The van der Waals surface area contributed by atoms with Crippen LogP contribution in [-0.4, -0.2) is 47.4 Å². The molecular weight excluding hydrogens is 342 g/mol. The van der Waals surface area contributed by atoms with Crippen molar-refractivity contribution in [2.24, 2.45) is 5.92 Å². The van der Waals surface area contributed by atoms with Crippen molar-refractivity contribution in [3.8, 4) is 5.75 Å². The van der Waals surface area contributed by atoms with Crippen LogP contribution in [0.5, 0.6) is 5.75 Å². The van der Waals surface area contributed by atoms with Crippen LogP contribution in [0.4, 0.5) is 0 Å². The van der Waals surface area contributed by atoms with Gasteiger partial charge in [0.2, 0.25) is 0 Å². The van der Waals surface area contributed by atoms with Crippen LogP contribution in [-0.2, 0) is 17.6 Å². The van der Waals surface area contributed by atoms with E-state index in [1.54, 1.807) is 12.1 Å². The molecule has 0 amide bonds. The molecule has 27 heavy (non-hydrogen) atoms. The Bertz CT molecular complexity index is 633. The number of aliphatic hydroxyl groups excluding tert-OH is 2. The molecular formula is C22H31NO4. The summed E-state index contributed by atoms with van der Waals surface area (Å²) in [5, 5.41) is 32.2. The van der Waals surface area contributed by atoms with E-state index in [1.165, 1.54) is 5.56 Å². The van der Waals surface area contributed by atoms with E-state index in [0.717, 1.165) is 12.0 Å². The Morgan fingerprint density at radius 3 is 2.33 bits per heavy atom. The van der Waals surface area contributed by atoms with Crippen molar-refractivity contribution in [2.75, 3.05) is 19.8 Å². The van der Waals surface area contributed by atoms with Crippen molar-refractivity contribution >= 4 is 0 Å². The smallest absolute Gasteiger partial charge is 0.115 e. The number of aliphatic hydroxyl groups is 2. The molecule has 0 spiro atoms. The number of aryl methyl sites for hydroxylation is 1. The first kappa shape index (κ1) is 21.4. The fourth-order valence-electron chi connectivity index (χ4n) is 2.85. The summed E-state index contributed by atoms with van der Waals surface area (Å²) in [5.74, 6) is 0.321. The number of hydrogen-bond donors (Lipinski definition) is 4. The molecule has 5 nitrogen and oxygen atoms in total. The summed E-state index contributed by atoms with van der Waals surface area (Å²) >= 11 is 0. The second-order valence-corrected chi connectivity index (χ2v) is 7.10. The van der Waals surface area contributed by atoms with Gasteiger partial charge in [-0.1, -0.05) is 49.4 Å². The summed E-state index contributed by atoms with van der Waals surface area (Å²) < 4.78 is 5.73. The molecule has 0 heterocycles. The Morgan fingerprint density at radius 1 is 0.963 bits per heavy atom. The minimum atomic E-state index is -0.633. The van der Waals surface area contributed by atoms with Gasteiger partial charge < -0.3 is 20.1 Å². The summed E-state index contributed by atoms with van der Waals surface area (Å²) in [6.07, 6.45) is 1.45. The van der Waals surface area contributed by atoms with Gasteiger partial charge in [-0.15, -0.1) is 0 Å². The number of benzene rings is 2. The Labute approximate surface area is 161 Å². The van der Waals surface area contributed by atoms with E-state index in [9.17, 15) is 10.2 Å². The Morgan fingerprint density at radius 2 is 1.67 bits per heavy atom. The van der Waals surface area contributed by atoms with Gasteiger partial charge in [-0.25, -0.2) is 0 Å². The van der Waals surface area contributed by atoms with E-state index in [4.69, 9.17) is 9.84 Å². The van der Waals surface area contributed by atoms with E-state index >= 15 is 0 Å². The molecule has 0 aromatic heterocycles. The van der Waals surface area contributed by atoms with Crippen LogP contribution >= 0.6 is 0 Å². The van der Waals surface area contributed by atoms with Crippen LogP contribution in [0.25, 0.3) is 0 Å². The molecule has 2 aromatic rings. The van der Waals surface area contributed by atoms with Gasteiger partial charge in [0.15, 0.2) is 0 Å². The zero-order valence-electron chi connectivity index (χ0n) is 15.9. The zero-order chi connectivity index (χ0) is 19.5. The predicted octanol–water partition coefficient (Wildman–Crippen LogP) is 2.49. The molecule has 0 aliphatic carbocycles. The van der Waals surface area contributed by atoms with E-state index < -0.39 is 6.23 Å². The number of hydrogen-bond acceptors (Lipinski definition) is 5. The minimum absolute atomic E-state index is 0.0637. The van der Waals surface area contributed by atoms with Crippen LogP contribution in [0, 0.1) is 5.92 Å². The van der Waals surface area contributed by atoms with E-state index in [1.807, 2.05) is 37.3 Å². The van der Waals surface area contributed by atoms with Gasteiger partial charge >= 0.3 is 0 Å². The Kier molecular flexibility index (Phi) is 9.28. The lowest BCUT2D eigenvalue weighted by Crippen LogP contribution is -2.43. The topological polar surface area (TPSA) is 82.0 Å². The maximum Gasteiger partial charge on any atom is 0.115 e. The van der Waals surface area contributed by atoms with Crippen molar-refractivity contribution in [2.45, 2.75) is 38.5 Å². The maximum atomic E-state index is 10.4.